The molecule has 0 saturated heterocycles. The number of phenolic OH excluding ortho intramolecular Hbond substituents is 9. The molecule has 9 atom stereocenters. The second kappa shape index (κ2) is 57.6. The number of benzene rings is 9. The molecule has 0 fully saturated rings. The third-order valence-corrected chi connectivity index (χ3v) is 10.2. The maximum absolute atomic E-state index is 10.1. The molecule has 108 heavy (non-hydrogen) atoms. The summed E-state index contributed by atoms with van der Waals surface area (Å²) in [5, 5.41) is 190. The minimum Gasteiger partial charge on any atom is -0.508 e. The van der Waals surface area contributed by atoms with Gasteiger partial charge in [0.1, 0.15) is 51.7 Å². The molecule has 27 nitrogen and oxygen atoms in total. The summed E-state index contributed by atoms with van der Waals surface area (Å²) < 4.78 is 561. The smallest absolute Gasteiger partial charge is 0.115 e. The SMILES string of the molecule is [2H]c1c([2H])c(O)c([2H])c(C(O)C([2H])([2H])NC([2H])([2H])[2H])c1[2H].[2H]c1c([2H])c(O)c([2H])c(C([2H])(O)C([2H])([2H])NC([2H])([2H])[2H])c1[2H].[2H]c1c([2H])c(O)c([2H])c([C@@H](O)C([2H])([2H])NC([2H])([2H])[2H])c1[2H].[2H]c1c([2H])c(O)c([2H])c([C@@H](O)CNC([2H])([2H])[2H])c1[2H].[2H]c1c([2H])c(O)c([2H])c([C@@]([2H])(O)C([2H])([2H])NC([2H])([2H])[2H])c1[2H].[2H]c1c([2H])c(O)c([2H])c([C@@]([2H])(O)CNC([2H])([2H])[2H])c1[2H].[2H]c1c([2H])c(O)c([2H])c([C@H](O)C([2H])([2H])NC([2H])([2H])[2H])c1[2H].[2H]c1c([2H])c(O)c([2H])c([C@H](O)CNC([2H])([2H])[2H])c1[2H].[2H]c1c([2H])c(O)c([2H])c([C@]([2H])(O)CNC([2H])([2H])[2H])c1[2H]. The van der Waals surface area contributed by atoms with Crippen molar-refractivity contribution in [2.75, 3.05) is 121 Å². The van der Waals surface area contributed by atoms with E-state index < -0.39 is 485 Å². The van der Waals surface area contributed by atoms with Crippen LogP contribution in [-0.2, 0) is 0 Å². The lowest BCUT2D eigenvalue weighted by Crippen LogP contribution is -2.16. The number of likely N-dealkylation sites (N-methyl/N-ethyl adjacent to an activating group) is 9. The standard InChI is InChI=1S/9C9H13NO2/c9*1-10-6-9(12)7-3-2-4-8(11)5-7/h9*2-5,9-12H,6H2,1H3/t7*9-;;/m1110000../s1/i1D3,2D,3D,4D,5D,9D;1D3,2D,3D,4D,5D,6D2;1D3,2D,3D,4D,5D;1D3,2D,3D,4D,5D,6D2,9D;1D3,2D,3D,4D,5D,9D;1D3,2D,3D,4D,5D,6D2;1D3,2D,3D,4D,5D;1D3,2D,3D,4D,5D,6D2,9D;1D3,2D,3D,4D,5D,6D2. The Labute approximate surface area is 742 Å². The molecule has 0 aliphatic carbocycles. The van der Waals surface area contributed by atoms with E-state index in [0.29, 0.717) is 0 Å². The van der Waals surface area contributed by atoms with Crippen molar-refractivity contribution < 1.29 is 197 Å². The average molecular weight is 1580 g/mol. The Bertz CT molecular complexity index is 6900. The average Bonchev–Trinajstić information content (AvgIpc) is 0.735. The highest BCUT2D eigenvalue weighted by molar-refractivity contribution is 5.35. The topological polar surface area (TPSA) is 472 Å². The lowest BCUT2D eigenvalue weighted by molar-refractivity contribution is 0.177. The summed E-state index contributed by atoms with van der Waals surface area (Å²) in [7, 11) is 0. The van der Waals surface area contributed by atoms with Crippen molar-refractivity contribution in [3.05, 3.63) is 268 Å². The molecule has 27 N–H and O–H groups in total. The number of aliphatic hydroxyl groups excluding tert-OH is 5. The van der Waals surface area contributed by atoms with Crippen LogP contribution in [0.15, 0.2) is 218 Å². The van der Waals surface area contributed by atoms with Crippen molar-refractivity contribution in [1.82, 2.24) is 47.9 Å². The number of hydrogen-bond acceptors (Lipinski definition) is 27. The van der Waals surface area contributed by atoms with Crippen LogP contribution in [0.3, 0.4) is 0 Å². The van der Waals surface area contributed by atoms with Gasteiger partial charge in [0.25, 0.3) is 0 Å². The number of aliphatic hydroxyl groups is 9. The van der Waals surface area contributed by atoms with E-state index in [9.17, 15) is 91.9 Å². The maximum atomic E-state index is 10.1. The fraction of sp³-hybridized carbons (Fsp3) is 0.333. The molecule has 0 saturated carbocycles. The third-order valence-electron chi connectivity index (χ3n) is 10.2. The van der Waals surface area contributed by atoms with Crippen molar-refractivity contribution in [1.29, 1.82) is 0 Å². The Hall–Kier alpha value is -9.54. The van der Waals surface area contributed by atoms with Crippen molar-refractivity contribution in [3.63, 3.8) is 0 Å². The summed E-state index contributed by atoms with van der Waals surface area (Å²) in [4.78, 5) is 0. The van der Waals surface area contributed by atoms with E-state index in [0.717, 1.165) is 0 Å². The summed E-state index contributed by atoms with van der Waals surface area (Å²) >= 11 is 0. The number of nitrogens with one attached hydrogen (secondary N) is 9. The largest absolute Gasteiger partial charge is 0.508 e. The van der Waals surface area contributed by atoms with Crippen LogP contribution in [0.2, 0.25) is 0 Å². The zero-order valence-electron chi connectivity index (χ0n) is 131. The number of hydrogen-bond donors (Lipinski definition) is 27. The molecule has 0 heterocycles. The molecule has 0 aliphatic heterocycles. The van der Waals surface area contributed by atoms with Gasteiger partial charge < -0.3 is 140 Å². The van der Waals surface area contributed by atoms with Crippen LogP contribution in [0.1, 0.15) is 210 Å². The van der Waals surface area contributed by atoms with E-state index in [2.05, 4.69) is 0 Å². The molecular formula is C81H117N9O18. The van der Waals surface area contributed by atoms with Crippen LogP contribution in [-0.4, -0.2) is 213 Å². The van der Waals surface area contributed by atoms with E-state index in [1.807, 2.05) is 21.3 Å². The van der Waals surface area contributed by atoms with Crippen molar-refractivity contribution in [2.45, 2.75) is 54.8 Å². The Morgan fingerprint density at radius 3 is 0.611 bits per heavy atom. The number of aromatic hydroxyl groups is 9. The van der Waals surface area contributed by atoms with Gasteiger partial charge in [-0.1, -0.05) is 109 Å². The Balaban J connectivity index is 0.00000104. The number of phenols is 9. The van der Waals surface area contributed by atoms with Gasteiger partial charge in [-0.25, -0.2) is 0 Å². The van der Waals surface area contributed by atoms with Gasteiger partial charge in [-0.15, -0.1) is 0 Å². The molecule has 27 heteroatoms. The Morgan fingerprint density at radius 1 is 0.231 bits per heavy atom. The molecule has 0 amide bonds. The van der Waals surface area contributed by atoms with Crippen molar-refractivity contribution >= 4 is 0 Å². The fourth-order valence-corrected chi connectivity index (χ4v) is 5.75. The number of rotatable bonds is 27. The highest BCUT2D eigenvalue weighted by atomic mass is 16.3. The summed E-state index contributed by atoms with van der Waals surface area (Å²) in [6.07, 6.45) is -22.3. The van der Waals surface area contributed by atoms with Crippen LogP contribution < -0.4 is 47.9 Å². The molecule has 0 aliphatic rings. The highest BCUT2D eigenvalue weighted by Crippen LogP contribution is 2.24. The molecule has 9 aromatic carbocycles. The van der Waals surface area contributed by atoms with Gasteiger partial charge in [0, 0.05) is 109 Å². The highest BCUT2D eigenvalue weighted by Gasteiger charge is 2.13. The lowest BCUT2D eigenvalue weighted by atomic mass is 10.1. The minimum absolute atomic E-state index is 0.379. The van der Waals surface area contributed by atoms with Gasteiger partial charge in [-0.2, -0.15) is 0 Å². The first-order valence-corrected chi connectivity index (χ1v) is 27.9. The Kier molecular flexibility index (Phi) is 16.2. The zero-order valence-corrected chi connectivity index (χ0v) is 54.3. The lowest BCUT2D eigenvalue weighted by Gasteiger charge is -2.09. The summed E-state index contributed by atoms with van der Waals surface area (Å²) in [6.45, 7) is -43.4. The molecule has 0 aromatic heterocycles. The van der Waals surface area contributed by atoms with Gasteiger partial charge in [0.05, 0.1) is 110 Å². The molecule has 0 radical (unpaired) electrons. The van der Waals surface area contributed by atoms with Gasteiger partial charge in [0.2, 0.25) is 0 Å². The summed E-state index contributed by atoms with van der Waals surface area (Å²) in [5.74, 6) is -8.73. The maximum Gasteiger partial charge on any atom is 0.115 e. The quantitative estimate of drug-likeness (QED) is 0.0289. The first-order valence-electron chi connectivity index (χ1n) is 66.4. The molecule has 2 unspecified atom stereocenters. The van der Waals surface area contributed by atoms with Crippen molar-refractivity contribution in [2.24, 2.45) is 0 Å². The van der Waals surface area contributed by atoms with Gasteiger partial charge in [-0.3, -0.25) is 0 Å². The van der Waals surface area contributed by atoms with E-state index >= 15 is 0 Å². The predicted molar refractivity (Wildman–Crippen MR) is 423 cm³/mol. The normalized spacial score (nSPS) is 26.0. The van der Waals surface area contributed by atoms with Crippen LogP contribution in [0.5, 0.6) is 51.7 Å². The molecule has 9 rings (SSSR count). The van der Waals surface area contributed by atoms with Gasteiger partial charge in [0.15, 0.2) is 0 Å². The van der Waals surface area contributed by atoms with Crippen LogP contribution in [0.4, 0.5) is 0 Å². The second-order valence-electron chi connectivity index (χ2n) is 17.8. The first-order chi connectivity index (χ1) is 82.0. The molecule has 0 bridgehead atoms. The molecule has 0 spiro atoms. The van der Waals surface area contributed by atoms with E-state index in [1.165, 1.54) is 26.6 Å². The van der Waals surface area contributed by atoms with Crippen LogP contribution in [0, 0.1) is 0 Å². The minimum atomic E-state index is -3.48. The predicted octanol–water partition coefficient (Wildman–Crippen LogP) is 5.81. The fourth-order valence-electron chi connectivity index (χ4n) is 5.75. The zero-order chi connectivity index (χ0) is 147. The van der Waals surface area contributed by atoms with Gasteiger partial charge in [-0.05, 0) is 222 Å². The van der Waals surface area contributed by atoms with E-state index in [-0.39, 0.29) is 11.1 Å². The monoisotopic (exact) mass is 1580 g/mol. The summed E-state index contributed by atoms with van der Waals surface area (Å²) in [5.41, 5.74) is -6.76. The van der Waals surface area contributed by atoms with E-state index in [1.54, 1.807) is 0 Å². The molecular weight excluding hydrogens is 1390 g/mol. The van der Waals surface area contributed by atoms with Crippen LogP contribution >= 0.6 is 0 Å². The third kappa shape index (κ3) is 42.7. The summed E-state index contributed by atoms with van der Waals surface area (Å²) in [6, 6.07) is -29.2. The Morgan fingerprint density at radius 2 is 0.398 bits per heavy atom. The second-order valence-corrected chi connectivity index (χ2v) is 17.8. The van der Waals surface area contributed by atoms with Gasteiger partial charge >= 0.3 is 0 Å². The first kappa shape index (κ1) is 30.4. The van der Waals surface area contributed by atoms with Crippen LogP contribution in [0.25, 0.3) is 0 Å². The van der Waals surface area contributed by atoms with Crippen molar-refractivity contribution in [3.8, 4) is 51.7 Å². The molecule has 594 valence electrons. The molecule has 9 aromatic rings. The van der Waals surface area contributed by atoms with E-state index in [4.69, 9.17) is 106 Å².